The van der Waals surface area contributed by atoms with E-state index in [1.54, 1.807) is 12.1 Å². The predicted molar refractivity (Wildman–Crippen MR) is 113 cm³/mol. The van der Waals surface area contributed by atoms with E-state index < -0.39 is 23.9 Å². The molecular formula is C20H24F3N7O3. The lowest BCUT2D eigenvalue weighted by atomic mass is 10.1. The highest BCUT2D eigenvalue weighted by molar-refractivity contribution is 5.91. The minimum Gasteiger partial charge on any atom is -0.406 e. The lowest BCUT2D eigenvalue weighted by molar-refractivity contribution is -0.274. The number of rotatable bonds is 11. The van der Waals surface area contributed by atoms with Crippen molar-refractivity contribution < 1.29 is 27.5 Å². The van der Waals surface area contributed by atoms with Gasteiger partial charge in [0.1, 0.15) is 11.4 Å². The molecular weight excluding hydrogens is 443 g/mol. The number of aryl methyl sites for hydroxylation is 1. The molecule has 178 valence electrons. The minimum atomic E-state index is -4.81. The molecule has 0 atom stereocenters. The first-order valence-corrected chi connectivity index (χ1v) is 9.77. The van der Waals surface area contributed by atoms with Crippen LogP contribution in [-0.2, 0) is 22.4 Å². The van der Waals surface area contributed by atoms with Gasteiger partial charge in [-0.3, -0.25) is 9.59 Å². The van der Waals surface area contributed by atoms with Gasteiger partial charge in [0.15, 0.2) is 5.82 Å². The second-order valence-electron chi connectivity index (χ2n) is 6.97. The Morgan fingerprint density at radius 1 is 1.12 bits per heavy atom. The van der Waals surface area contributed by atoms with E-state index in [2.05, 4.69) is 20.3 Å². The van der Waals surface area contributed by atoms with Crippen molar-refractivity contribution in [3.8, 4) is 5.75 Å². The van der Waals surface area contributed by atoms with Crippen molar-refractivity contribution in [2.24, 2.45) is 17.3 Å². The maximum Gasteiger partial charge on any atom is 0.573 e. The van der Waals surface area contributed by atoms with Crippen LogP contribution in [0.25, 0.3) is 0 Å². The standard InChI is InChI=1S/C20H24F3N7O3/c21-20(22,23)33-15-6-3-4-13(10-15)11-18(31)27-17-8-7-14(28-29-17)5-1-2-9-30(26)12-16(24)19(25)32/h3-4,6-8,10,12H,1-2,5,9,11,24,26H2,(H2,25,32)(H,27,29,31)/b16-12-. The van der Waals surface area contributed by atoms with Crippen LogP contribution in [0.3, 0.4) is 0 Å². The number of nitrogens with two attached hydrogens (primary N) is 3. The first-order chi connectivity index (χ1) is 15.5. The van der Waals surface area contributed by atoms with Crippen LogP contribution in [0, 0.1) is 0 Å². The molecule has 0 fully saturated rings. The molecule has 0 aliphatic carbocycles. The van der Waals surface area contributed by atoms with Gasteiger partial charge in [0.2, 0.25) is 5.91 Å². The number of amides is 2. The summed E-state index contributed by atoms with van der Waals surface area (Å²) in [5, 5.41) is 11.8. The lowest BCUT2D eigenvalue weighted by Crippen LogP contribution is -2.30. The number of nitrogens with zero attached hydrogens (tertiary/aromatic N) is 3. The third-order valence-electron chi connectivity index (χ3n) is 4.17. The Labute approximate surface area is 187 Å². The fourth-order valence-electron chi connectivity index (χ4n) is 2.69. The number of nitrogens with one attached hydrogen (secondary N) is 1. The summed E-state index contributed by atoms with van der Waals surface area (Å²) >= 11 is 0. The van der Waals surface area contributed by atoms with E-state index in [1.165, 1.54) is 23.3 Å². The number of hydrazine groups is 1. The Hall–Kier alpha value is -3.87. The monoisotopic (exact) mass is 467 g/mol. The highest BCUT2D eigenvalue weighted by atomic mass is 19.4. The Bertz CT molecular complexity index is 982. The van der Waals surface area contributed by atoms with Gasteiger partial charge in [0, 0.05) is 12.7 Å². The van der Waals surface area contributed by atoms with Crippen molar-refractivity contribution in [3.05, 3.63) is 59.6 Å². The summed E-state index contributed by atoms with van der Waals surface area (Å²) in [6.07, 6.45) is -1.68. The third-order valence-corrected chi connectivity index (χ3v) is 4.17. The maximum atomic E-state index is 12.3. The predicted octanol–water partition coefficient (Wildman–Crippen LogP) is 1.34. The van der Waals surface area contributed by atoms with Crippen LogP contribution in [-0.4, -0.2) is 39.9 Å². The van der Waals surface area contributed by atoms with Gasteiger partial charge in [0.25, 0.3) is 5.91 Å². The number of hydrogen-bond donors (Lipinski definition) is 4. The quantitative estimate of drug-likeness (QED) is 0.167. The fraction of sp³-hybridized carbons (Fsp3) is 0.300. The van der Waals surface area contributed by atoms with Crippen molar-refractivity contribution in [3.63, 3.8) is 0 Å². The van der Waals surface area contributed by atoms with Gasteiger partial charge in [-0.25, -0.2) is 5.84 Å². The summed E-state index contributed by atoms with van der Waals surface area (Å²) in [6.45, 7) is 0.449. The molecule has 0 saturated heterocycles. The molecule has 2 aromatic rings. The molecule has 0 radical (unpaired) electrons. The zero-order valence-corrected chi connectivity index (χ0v) is 17.5. The number of ether oxygens (including phenoxy) is 1. The molecule has 7 N–H and O–H groups in total. The molecule has 2 rings (SSSR count). The van der Waals surface area contributed by atoms with E-state index in [0.717, 1.165) is 18.6 Å². The molecule has 0 bridgehead atoms. The van der Waals surface area contributed by atoms with Gasteiger partial charge in [-0.2, -0.15) is 5.10 Å². The van der Waals surface area contributed by atoms with Crippen LogP contribution in [0.2, 0.25) is 0 Å². The van der Waals surface area contributed by atoms with Crippen molar-refractivity contribution in [1.82, 2.24) is 15.2 Å². The Balaban J connectivity index is 1.78. The number of unbranched alkanes of at least 4 members (excludes halogenated alkanes) is 1. The summed E-state index contributed by atoms with van der Waals surface area (Å²) in [5.74, 6) is 4.29. The minimum absolute atomic E-state index is 0.136. The molecule has 0 spiro atoms. The fourth-order valence-corrected chi connectivity index (χ4v) is 2.69. The van der Waals surface area contributed by atoms with Crippen molar-refractivity contribution in [2.75, 3.05) is 11.9 Å². The Morgan fingerprint density at radius 2 is 1.88 bits per heavy atom. The van der Waals surface area contributed by atoms with Crippen molar-refractivity contribution in [1.29, 1.82) is 0 Å². The zero-order chi connectivity index (χ0) is 24.4. The van der Waals surface area contributed by atoms with E-state index in [9.17, 15) is 22.8 Å². The molecule has 0 saturated carbocycles. The summed E-state index contributed by atoms with van der Waals surface area (Å²) in [7, 11) is 0. The number of halogens is 3. The topological polar surface area (TPSA) is 162 Å². The van der Waals surface area contributed by atoms with E-state index in [1.807, 2.05) is 0 Å². The number of primary amides is 1. The van der Waals surface area contributed by atoms with Gasteiger partial charge >= 0.3 is 6.36 Å². The van der Waals surface area contributed by atoms with Gasteiger partial charge in [0.05, 0.1) is 12.1 Å². The molecule has 1 heterocycles. The van der Waals surface area contributed by atoms with Crippen LogP contribution in [0.1, 0.15) is 24.1 Å². The molecule has 0 unspecified atom stereocenters. The molecule has 1 aromatic carbocycles. The van der Waals surface area contributed by atoms with E-state index in [4.69, 9.17) is 17.3 Å². The SMILES string of the molecule is NC(=O)/C(N)=C/N(N)CCCCc1ccc(NC(=O)Cc2cccc(OC(F)(F)F)c2)nn1. The summed E-state index contributed by atoms with van der Waals surface area (Å²) in [5.41, 5.74) is 11.3. The summed E-state index contributed by atoms with van der Waals surface area (Å²) < 4.78 is 40.8. The van der Waals surface area contributed by atoms with Gasteiger partial charge in [-0.15, -0.1) is 18.3 Å². The first-order valence-electron chi connectivity index (χ1n) is 9.77. The second kappa shape index (κ2) is 11.7. The Morgan fingerprint density at radius 3 is 2.52 bits per heavy atom. The van der Waals surface area contributed by atoms with Crippen LogP contribution in [0.5, 0.6) is 5.75 Å². The molecule has 13 heteroatoms. The third kappa shape index (κ3) is 9.86. The van der Waals surface area contributed by atoms with E-state index in [0.29, 0.717) is 30.6 Å². The molecule has 0 aliphatic heterocycles. The zero-order valence-electron chi connectivity index (χ0n) is 17.5. The number of carbonyl (C=O) groups excluding carboxylic acids is 2. The average Bonchev–Trinajstić information content (AvgIpc) is 2.71. The number of aromatic nitrogens is 2. The number of benzene rings is 1. The molecule has 33 heavy (non-hydrogen) atoms. The smallest absolute Gasteiger partial charge is 0.406 e. The lowest BCUT2D eigenvalue weighted by Gasteiger charge is -2.13. The molecule has 1 aromatic heterocycles. The molecule has 10 nitrogen and oxygen atoms in total. The van der Waals surface area contributed by atoms with Crippen LogP contribution in [0.15, 0.2) is 48.3 Å². The highest BCUT2D eigenvalue weighted by Crippen LogP contribution is 2.23. The summed E-state index contributed by atoms with van der Waals surface area (Å²) in [6, 6.07) is 8.45. The highest BCUT2D eigenvalue weighted by Gasteiger charge is 2.31. The normalized spacial score (nSPS) is 11.7. The number of alkyl halides is 3. The Kier molecular flexibility index (Phi) is 8.98. The second-order valence-corrected chi connectivity index (χ2v) is 6.97. The van der Waals surface area contributed by atoms with Crippen LogP contribution in [0.4, 0.5) is 19.0 Å². The van der Waals surface area contributed by atoms with E-state index >= 15 is 0 Å². The number of hydrogen-bond acceptors (Lipinski definition) is 8. The number of carbonyl (C=O) groups is 2. The van der Waals surface area contributed by atoms with Gasteiger partial charge in [-0.1, -0.05) is 12.1 Å². The molecule has 2 amide bonds. The average molecular weight is 467 g/mol. The maximum absolute atomic E-state index is 12.3. The number of anilines is 1. The van der Waals surface area contributed by atoms with Crippen LogP contribution >= 0.6 is 0 Å². The van der Waals surface area contributed by atoms with Crippen molar-refractivity contribution >= 4 is 17.6 Å². The largest absolute Gasteiger partial charge is 0.573 e. The van der Waals surface area contributed by atoms with Crippen LogP contribution < -0.4 is 27.4 Å². The van der Waals surface area contributed by atoms with Gasteiger partial charge in [-0.05, 0) is 49.1 Å². The van der Waals surface area contributed by atoms with Gasteiger partial charge < -0.3 is 26.5 Å². The molecule has 0 aliphatic rings. The van der Waals surface area contributed by atoms with Crippen molar-refractivity contribution in [2.45, 2.75) is 32.0 Å². The first kappa shape index (κ1) is 25.4. The summed E-state index contributed by atoms with van der Waals surface area (Å²) in [4.78, 5) is 23.0. The van der Waals surface area contributed by atoms with E-state index in [-0.39, 0.29) is 17.9 Å².